The third kappa shape index (κ3) is 2.79. The number of benzene rings is 1. The average Bonchev–Trinajstić information content (AvgIpc) is 2.16. The first-order valence-corrected chi connectivity index (χ1v) is 4.61. The summed E-state index contributed by atoms with van der Waals surface area (Å²) in [5.41, 5.74) is 0.427. The van der Waals surface area contributed by atoms with Crippen LogP contribution in [0.1, 0.15) is 19.4 Å². The Labute approximate surface area is 92.7 Å². The number of hydrogen-bond donors (Lipinski definition) is 0. The second kappa shape index (κ2) is 5.25. The number of ether oxygens (including phenoxy) is 1. The van der Waals surface area contributed by atoms with Crippen molar-refractivity contribution in [1.82, 2.24) is 0 Å². The Morgan fingerprint density at radius 2 is 2.06 bits per heavy atom. The fraction of sp³-hybridized carbons (Fsp3) is 0.273. The maximum atomic E-state index is 13.5. The molecule has 0 N–H and O–H groups in total. The van der Waals surface area contributed by atoms with Crippen molar-refractivity contribution in [1.29, 1.82) is 0 Å². The lowest BCUT2D eigenvalue weighted by molar-refractivity contribution is -0.131. The first kappa shape index (κ1) is 12.2. The van der Waals surface area contributed by atoms with Crippen LogP contribution in [0, 0.1) is 5.82 Å². The molecular weight excluding hydrogens is 213 g/mol. The van der Waals surface area contributed by atoms with Gasteiger partial charge in [0.15, 0.2) is 0 Å². The molecule has 0 saturated heterocycles. The summed E-state index contributed by atoms with van der Waals surface area (Å²) in [5, 5.41) is 3.61. The number of rotatable bonds is 3. The largest absolute Gasteiger partial charge is 0.426 e. The van der Waals surface area contributed by atoms with Gasteiger partial charge in [-0.2, -0.15) is 0 Å². The fourth-order valence-corrected chi connectivity index (χ4v) is 1.28. The summed E-state index contributed by atoms with van der Waals surface area (Å²) >= 11 is 0. The van der Waals surface area contributed by atoms with Gasteiger partial charge in [-0.05, 0) is 19.1 Å². The molecule has 0 bridgehead atoms. The third-order valence-electron chi connectivity index (χ3n) is 1.82. The van der Waals surface area contributed by atoms with Crippen molar-refractivity contribution in [3.8, 4) is 5.75 Å². The van der Waals surface area contributed by atoms with Crippen molar-refractivity contribution in [2.24, 2.45) is 5.16 Å². The van der Waals surface area contributed by atoms with Gasteiger partial charge < -0.3 is 9.57 Å². The number of carbonyl (C=O) groups is 1. The molecule has 5 heteroatoms. The zero-order valence-corrected chi connectivity index (χ0v) is 9.28. The second-order valence-corrected chi connectivity index (χ2v) is 3.07. The van der Waals surface area contributed by atoms with Crippen LogP contribution in [0.5, 0.6) is 5.75 Å². The molecule has 1 rings (SSSR count). The van der Waals surface area contributed by atoms with E-state index >= 15 is 0 Å². The highest BCUT2D eigenvalue weighted by Gasteiger charge is 2.14. The summed E-state index contributed by atoms with van der Waals surface area (Å²) in [6.45, 7) is 2.81. The number of halogens is 1. The Kier molecular flexibility index (Phi) is 3.99. The number of esters is 1. The minimum Gasteiger partial charge on any atom is -0.426 e. The Morgan fingerprint density at radius 3 is 2.62 bits per heavy atom. The summed E-state index contributed by atoms with van der Waals surface area (Å²) in [6, 6.07) is 4.21. The maximum absolute atomic E-state index is 13.5. The van der Waals surface area contributed by atoms with E-state index in [1.807, 2.05) is 0 Å². The molecule has 0 aromatic heterocycles. The molecule has 0 spiro atoms. The van der Waals surface area contributed by atoms with Gasteiger partial charge in [0.2, 0.25) is 0 Å². The van der Waals surface area contributed by atoms with Crippen LogP contribution in [-0.2, 0) is 9.63 Å². The molecule has 0 atom stereocenters. The quantitative estimate of drug-likeness (QED) is 0.342. The summed E-state index contributed by atoms with van der Waals surface area (Å²) < 4.78 is 18.4. The molecule has 0 aliphatic carbocycles. The zero-order chi connectivity index (χ0) is 12.1. The third-order valence-corrected chi connectivity index (χ3v) is 1.82. The van der Waals surface area contributed by atoms with Crippen molar-refractivity contribution in [3.63, 3.8) is 0 Å². The summed E-state index contributed by atoms with van der Waals surface area (Å²) in [6.07, 6.45) is 0. The van der Waals surface area contributed by atoms with E-state index in [9.17, 15) is 9.18 Å². The summed E-state index contributed by atoms with van der Waals surface area (Å²) in [7, 11) is 1.36. The van der Waals surface area contributed by atoms with Crippen LogP contribution < -0.4 is 4.74 Å². The highest BCUT2D eigenvalue weighted by Crippen LogP contribution is 2.22. The first-order chi connectivity index (χ1) is 7.56. The summed E-state index contributed by atoms with van der Waals surface area (Å²) in [5.74, 6) is -0.903. The SMILES string of the molecule is CO/N=C(\C)c1c(F)cccc1OC(C)=O. The number of carbonyl (C=O) groups excluding carboxylic acids is 1. The van der Waals surface area contributed by atoms with E-state index in [2.05, 4.69) is 9.99 Å². The molecule has 0 fully saturated rings. The Bertz CT molecular complexity index is 429. The number of oxime groups is 1. The van der Waals surface area contributed by atoms with E-state index in [0.29, 0.717) is 5.71 Å². The lowest BCUT2D eigenvalue weighted by Gasteiger charge is -2.08. The van der Waals surface area contributed by atoms with Gasteiger partial charge in [0.1, 0.15) is 18.7 Å². The van der Waals surface area contributed by atoms with E-state index in [4.69, 9.17) is 4.74 Å². The molecule has 0 amide bonds. The van der Waals surface area contributed by atoms with Crippen LogP contribution in [0.2, 0.25) is 0 Å². The van der Waals surface area contributed by atoms with E-state index in [1.54, 1.807) is 6.92 Å². The lowest BCUT2D eigenvalue weighted by atomic mass is 10.1. The van der Waals surface area contributed by atoms with Crippen LogP contribution >= 0.6 is 0 Å². The topological polar surface area (TPSA) is 47.9 Å². The van der Waals surface area contributed by atoms with Crippen LogP contribution in [0.3, 0.4) is 0 Å². The summed E-state index contributed by atoms with van der Waals surface area (Å²) in [4.78, 5) is 15.4. The smallest absolute Gasteiger partial charge is 0.308 e. The zero-order valence-electron chi connectivity index (χ0n) is 9.28. The van der Waals surface area contributed by atoms with Gasteiger partial charge in [0, 0.05) is 6.92 Å². The highest BCUT2D eigenvalue weighted by molar-refractivity contribution is 6.01. The molecule has 16 heavy (non-hydrogen) atoms. The van der Waals surface area contributed by atoms with Gasteiger partial charge in [0.05, 0.1) is 11.3 Å². The van der Waals surface area contributed by atoms with Gasteiger partial charge in [-0.15, -0.1) is 0 Å². The molecular formula is C11H12FNO3. The maximum Gasteiger partial charge on any atom is 0.308 e. The van der Waals surface area contributed by atoms with Gasteiger partial charge in [-0.1, -0.05) is 11.2 Å². The molecule has 4 nitrogen and oxygen atoms in total. The Hall–Kier alpha value is -1.91. The van der Waals surface area contributed by atoms with Gasteiger partial charge in [-0.25, -0.2) is 4.39 Å². The highest BCUT2D eigenvalue weighted by atomic mass is 19.1. The molecule has 0 radical (unpaired) electrons. The van der Waals surface area contributed by atoms with Gasteiger partial charge >= 0.3 is 5.97 Å². The van der Waals surface area contributed by atoms with Crippen molar-refractivity contribution < 1.29 is 18.8 Å². The van der Waals surface area contributed by atoms with Crippen LogP contribution in [0.15, 0.2) is 23.4 Å². The van der Waals surface area contributed by atoms with Crippen molar-refractivity contribution >= 4 is 11.7 Å². The molecule has 0 heterocycles. The Balaban J connectivity index is 3.23. The number of hydrogen-bond acceptors (Lipinski definition) is 4. The Morgan fingerprint density at radius 1 is 1.38 bits per heavy atom. The minimum absolute atomic E-state index is 0.125. The normalized spacial score (nSPS) is 11.1. The van der Waals surface area contributed by atoms with Crippen molar-refractivity contribution in [2.45, 2.75) is 13.8 Å². The molecule has 0 saturated carbocycles. The van der Waals surface area contributed by atoms with E-state index in [1.165, 1.54) is 32.2 Å². The van der Waals surface area contributed by atoms with E-state index in [0.717, 1.165) is 0 Å². The average molecular weight is 225 g/mol. The standard InChI is InChI=1S/C11H12FNO3/c1-7(13-15-3)11-9(12)5-4-6-10(11)16-8(2)14/h4-6H,1-3H3/b13-7+. The van der Waals surface area contributed by atoms with Gasteiger partial charge in [0.25, 0.3) is 0 Å². The molecule has 0 unspecified atom stereocenters. The van der Waals surface area contributed by atoms with Crippen LogP contribution in [0.4, 0.5) is 4.39 Å². The van der Waals surface area contributed by atoms with Crippen LogP contribution in [0.25, 0.3) is 0 Å². The predicted molar refractivity (Wildman–Crippen MR) is 56.9 cm³/mol. The molecule has 0 aliphatic rings. The predicted octanol–water partition coefficient (Wildman–Crippen LogP) is 2.12. The number of nitrogens with zero attached hydrogens (tertiary/aromatic N) is 1. The van der Waals surface area contributed by atoms with E-state index < -0.39 is 11.8 Å². The van der Waals surface area contributed by atoms with Gasteiger partial charge in [-0.3, -0.25) is 4.79 Å². The second-order valence-electron chi connectivity index (χ2n) is 3.07. The molecule has 0 aliphatic heterocycles. The van der Waals surface area contributed by atoms with E-state index in [-0.39, 0.29) is 11.3 Å². The van der Waals surface area contributed by atoms with Crippen molar-refractivity contribution in [3.05, 3.63) is 29.6 Å². The molecule has 1 aromatic rings. The van der Waals surface area contributed by atoms with Crippen LogP contribution in [-0.4, -0.2) is 18.8 Å². The minimum atomic E-state index is -0.517. The van der Waals surface area contributed by atoms with Crippen molar-refractivity contribution in [2.75, 3.05) is 7.11 Å². The monoisotopic (exact) mass is 225 g/mol. The molecule has 86 valence electrons. The lowest BCUT2D eigenvalue weighted by Crippen LogP contribution is -2.08. The molecule has 1 aromatic carbocycles. The first-order valence-electron chi connectivity index (χ1n) is 4.61. The fourth-order valence-electron chi connectivity index (χ4n) is 1.28.